The highest BCUT2D eigenvalue weighted by Gasteiger charge is 2.27. The second-order valence-electron chi connectivity index (χ2n) is 5.87. The summed E-state index contributed by atoms with van der Waals surface area (Å²) in [6.45, 7) is 5.65. The summed E-state index contributed by atoms with van der Waals surface area (Å²) in [7, 11) is 1.67. The van der Waals surface area contributed by atoms with Crippen molar-refractivity contribution in [3.05, 3.63) is 35.4 Å². The molecule has 1 aliphatic heterocycles. The van der Waals surface area contributed by atoms with Gasteiger partial charge in [0.2, 0.25) is 0 Å². The van der Waals surface area contributed by atoms with E-state index in [1.807, 2.05) is 24.3 Å². The van der Waals surface area contributed by atoms with Crippen molar-refractivity contribution in [2.45, 2.75) is 26.4 Å². The molecule has 0 bridgehead atoms. The van der Waals surface area contributed by atoms with Crippen molar-refractivity contribution in [3.8, 4) is 0 Å². The molecule has 4 nitrogen and oxygen atoms in total. The van der Waals surface area contributed by atoms with Crippen molar-refractivity contribution < 1.29 is 9.53 Å². The van der Waals surface area contributed by atoms with E-state index >= 15 is 0 Å². The van der Waals surface area contributed by atoms with Crippen LogP contribution in [0.15, 0.2) is 24.3 Å². The van der Waals surface area contributed by atoms with Gasteiger partial charge in [-0.1, -0.05) is 19.1 Å². The summed E-state index contributed by atoms with van der Waals surface area (Å²) >= 11 is 0. The Labute approximate surface area is 133 Å². The number of ether oxygens (including phenoxy) is 1. The van der Waals surface area contributed by atoms with Crippen molar-refractivity contribution in [1.29, 1.82) is 0 Å². The van der Waals surface area contributed by atoms with Crippen LogP contribution in [0.1, 0.15) is 35.7 Å². The molecule has 118 valence electrons. The molecule has 1 aliphatic rings. The molecule has 0 radical (unpaired) electrons. The van der Waals surface area contributed by atoms with Crippen molar-refractivity contribution in [2.75, 3.05) is 26.7 Å². The predicted octanol–water partition coefficient (Wildman–Crippen LogP) is 2.37. The van der Waals surface area contributed by atoms with E-state index in [0.29, 0.717) is 12.2 Å². The minimum Gasteiger partial charge on any atom is -0.380 e. The highest BCUT2D eigenvalue weighted by Crippen LogP contribution is 2.26. The summed E-state index contributed by atoms with van der Waals surface area (Å²) in [5.74, 6) is 0.00808. The number of hydrogen-bond acceptors (Lipinski definition) is 3. The first-order valence-electron chi connectivity index (χ1n) is 7.20. The Hall–Kier alpha value is -1.10. The minimum absolute atomic E-state index is 0. The molecule has 21 heavy (non-hydrogen) atoms. The Bertz CT molecular complexity index is 442. The first-order chi connectivity index (χ1) is 9.63. The largest absolute Gasteiger partial charge is 0.380 e. The number of methoxy groups -OCH3 is 1. The normalized spacial score (nSPS) is 16.9. The van der Waals surface area contributed by atoms with Gasteiger partial charge in [-0.15, -0.1) is 12.4 Å². The van der Waals surface area contributed by atoms with Crippen molar-refractivity contribution in [3.63, 3.8) is 0 Å². The Morgan fingerprint density at radius 3 is 2.48 bits per heavy atom. The zero-order chi connectivity index (χ0) is 14.4. The maximum atomic E-state index is 12.1. The van der Waals surface area contributed by atoms with Gasteiger partial charge in [0.1, 0.15) is 0 Å². The average Bonchev–Trinajstić information content (AvgIpc) is 2.47. The topological polar surface area (TPSA) is 50.4 Å². The van der Waals surface area contributed by atoms with Gasteiger partial charge in [-0.2, -0.15) is 0 Å². The van der Waals surface area contributed by atoms with Gasteiger partial charge >= 0.3 is 0 Å². The smallest absolute Gasteiger partial charge is 0.251 e. The monoisotopic (exact) mass is 312 g/mol. The second kappa shape index (κ2) is 8.37. The van der Waals surface area contributed by atoms with Crippen LogP contribution in [-0.4, -0.2) is 32.7 Å². The number of carbonyl (C=O) groups excluding carboxylic acids is 1. The van der Waals surface area contributed by atoms with Gasteiger partial charge in [0.25, 0.3) is 5.91 Å². The highest BCUT2D eigenvalue weighted by atomic mass is 35.5. The van der Waals surface area contributed by atoms with Gasteiger partial charge in [0, 0.05) is 19.2 Å². The lowest BCUT2D eigenvalue weighted by molar-refractivity contribution is 0.0922. The molecule has 1 fully saturated rings. The number of benzene rings is 1. The van der Waals surface area contributed by atoms with Crippen LogP contribution in [0.5, 0.6) is 0 Å². The average molecular weight is 313 g/mol. The molecule has 0 aliphatic carbocycles. The first kappa shape index (κ1) is 18.0. The van der Waals surface area contributed by atoms with E-state index in [1.165, 1.54) is 0 Å². The number of halogens is 1. The van der Waals surface area contributed by atoms with E-state index in [-0.39, 0.29) is 23.7 Å². The quantitative estimate of drug-likeness (QED) is 0.877. The standard InChI is InChI=1S/C16H24N2O2.ClH/c1-16(7-9-17-10-8-16)12-18-15(19)14-5-3-13(4-6-14)11-20-2;/h3-6,17H,7-12H2,1-2H3,(H,18,19);1H. The molecule has 0 aromatic heterocycles. The summed E-state index contributed by atoms with van der Waals surface area (Å²) in [6.07, 6.45) is 2.22. The van der Waals surface area contributed by atoms with Crippen LogP contribution in [0, 0.1) is 5.41 Å². The third-order valence-electron chi connectivity index (χ3n) is 4.01. The molecule has 1 aromatic carbocycles. The number of carbonyl (C=O) groups is 1. The molecule has 2 N–H and O–H groups in total. The molecule has 0 unspecified atom stereocenters. The third kappa shape index (κ3) is 5.30. The molecule has 2 rings (SSSR count). The van der Waals surface area contributed by atoms with Crippen LogP contribution in [-0.2, 0) is 11.3 Å². The summed E-state index contributed by atoms with van der Waals surface area (Å²) in [6, 6.07) is 7.58. The fourth-order valence-electron chi connectivity index (χ4n) is 2.52. The molecule has 1 amide bonds. The molecule has 0 atom stereocenters. The molecule has 5 heteroatoms. The van der Waals surface area contributed by atoms with Crippen LogP contribution in [0.2, 0.25) is 0 Å². The lowest BCUT2D eigenvalue weighted by Crippen LogP contribution is -2.42. The molecule has 1 heterocycles. The number of nitrogens with one attached hydrogen (secondary N) is 2. The summed E-state index contributed by atoms with van der Waals surface area (Å²) in [4.78, 5) is 12.1. The Morgan fingerprint density at radius 1 is 1.29 bits per heavy atom. The summed E-state index contributed by atoms with van der Waals surface area (Å²) in [5.41, 5.74) is 2.01. The van der Waals surface area contributed by atoms with Crippen molar-refractivity contribution >= 4 is 18.3 Å². The second-order valence-corrected chi connectivity index (χ2v) is 5.87. The molecular weight excluding hydrogens is 288 g/mol. The predicted molar refractivity (Wildman–Crippen MR) is 86.9 cm³/mol. The van der Waals surface area contributed by atoms with Crippen LogP contribution in [0.3, 0.4) is 0 Å². The van der Waals surface area contributed by atoms with E-state index in [1.54, 1.807) is 7.11 Å². The van der Waals surface area contributed by atoms with E-state index in [2.05, 4.69) is 17.6 Å². The van der Waals surface area contributed by atoms with Crippen LogP contribution >= 0.6 is 12.4 Å². The highest BCUT2D eigenvalue weighted by molar-refractivity contribution is 5.94. The third-order valence-corrected chi connectivity index (χ3v) is 4.01. The number of piperidine rings is 1. The Kier molecular flexibility index (Phi) is 7.15. The summed E-state index contributed by atoms with van der Waals surface area (Å²) < 4.78 is 5.06. The van der Waals surface area contributed by atoms with Crippen LogP contribution in [0.4, 0.5) is 0 Å². The number of rotatable bonds is 5. The zero-order valence-corrected chi connectivity index (χ0v) is 13.6. The Morgan fingerprint density at radius 2 is 1.90 bits per heavy atom. The maximum absolute atomic E-state index is 12.1. The molecular formula is C16H25ClN2O2. The zero-order valence-electron chi connectivity index (χ0n) is 12.8. The van der Waals surface area contributed by atoms with Gasteiger partial charge in [0.05, 0.1) is 6.61 Å². The molecule has 1 saturated heterocycles. The first-order valence-corrected chi connectivity index (χ1v) is 7.20. The van der Waals surface area contributed by atoms with Crippen molar-refractivity contribution in [1.82, 2.24) is 10.6 Å². The van der Waals surface area contributed by atoms with E-state index in [0.717, 1.165) is 38.0 Å². The van der Waals surface area contributed by atoms with E-state index < -0.39 is 0 Å². The van der Waals surface area contributed by atoms with Crippen molar-refractivity contribution in [2.24, 2.45) is 5.41 Å². The van der Waals surface area contributed by atoms with Crippen LogP contribution < -0.4 is 10.6 Å². The molecule has 0 saturated carbocycles. The Balaban J connectivity index is 0.00000220. The fourth-order valence-corrected chi connectivity index (χ4v) is 2.52. The summed E-state index contributed by atoms with van der Waals surface area (Å²) in [5, 5.41) is 6.42. The van der Waals surface area contributed by atoms with Crippen LogP contribution in [0.25, 0.3) is 0 Å². The number of amides is 1. The lowest BCUT2D eigenvalue weighted by Gasteiger charge is -2.34. The number of hydrogen-bond donors (Lipinski definition) is 2. The van der Waals surface area contributed by atoms with E-state index in [4.69, 9.17) is 4.74 Å². The van der Waals surface area contributed by atoms with Gasteiger partial charge in [-0.05, 0) is 49.0 Å². The minimum atomic E-state index is 0. The maximum Gasteiger partial charge on any atom is 0.251 e. The van der Waals surface area contributed by atoms with E-state index in [9.17, 15) is 4.79 Å². The lowest BCUT2D eigenvalue weighted by atomic mass is 9.81. The SMILES string of the molecule is COCc1ccc(C(=O)NCC2(C)CCNCC2)cc1.Cl. The fraction of sp³-hybridized carbons (Fsp3) is 0.562. The van der Waals surface area contributed by atoms with Gasteiger partial charge in [-0.3, -0.25) is 4.79 Å². The van der Waals surface area contributed by atoms with Gasteiger partial charge in [-0.25, -0.2) is 0 Å². The molecule has 1 aromatic rings. The van der Waals surface area contributed by atoms with Gasteiger partial charge in [0.15, 0.2) is 0 Å². The molecule has 0 spiro atoms. The van der Waals surface area contributed by atoms with Gasteiger partial charge < -0.3 is 15.4 Å².